The third kappa shape index (κ3) is 5.61. The molecule has 106 valence electrons. The van der Waals surface area contributed by atoms with Crippen LogP contribution in [0.4, 0.5) is 4.39 Å². The Hall–Kier alpha value is -0.420. The van der Waals surface area contributed by atoms with Gasteiger partial charge in [-0.25, -0.2) is 4.39 Å². The summed E-state index contributed by atoms with van der Waals surface area (Å²) in [6.45, 7) is 4.85. The first-order chi connectivity index (χ1) is 8.85. The molecular formula is C14H18Br2FNO. The summed E-state index contributed by atoms with van der Waals surface area (Å²) < 4.78 is 13.4. The molecule has 1 rings (SSSR count). The van der Waals surface area contributed by atoms with Gasteiger partial charge >= 0.3 is 0 Å². The van der Waals surface area contributed by atoms with Gasteiger partial charge in [0.2, 0.25) is 0 Å². The van der Waals surface area contributed by atoms with Crippen LogP contribution in [0.2, 0.25) is 0 Å². The number of halogens is 3. The number of nitrogens with one attached hydrogen (secondary N) is 1. The van der Waals surface area contributed by atoms with Crippen LogP contribution in [0.5, 0.6) is 0 Å². The number of alkyl halides is 1. The molecule has 0 saturated carbocycles. The van der Waals surface area contributed by atoms with Crippen molar-refractivity contribution in [2.24, 2.45) is 5.41 Å². The van der Waals surface area contributed by atoms with Crippen molar-refractivity contribution in [3.63, 3.8) is 0 Å². The fourth-order valence-corrected chi connectivity index (χ4v) is 2.35. The van der Waals surface area contributed by atoms with Crippen molar-refractivity contribution in [3.8, 4) is 0 Å². The number of hydrogen-bond donors (Lipinski definition) is 1. The largest absolute Gasteiger partial charge is 0.352 e. The second kappa shape index (κ2) is 7.39. The molecule has 1 N–H and O–H groups in total. The highest BCUT2D eigenvalue weighted by Gasteiger charge is 2.19. The summed E-state index contributed by atoms with van der Waals surface area (Å²) in [6.07, 6.45) is 2.11. The third-order valence-electron chi connectivity index (χ3n) is 2.90. The van der Waals surface area contributed by atoms with Crippen LogP contribution >= 0.6 is 31.9 Å². The number of carbonyl (C=O) groups is 1. The normalized spacial score (nSPS) is 11.4. The Balaban J connectivity index is 2.57. The lowest BCUT2D eigenvalue weighted by molar-refractivity contribution is 0.0934. The molecule has 0 unspecified atom stereocenters. The summed E-state index contributed by atoms with van der Waals surface area (Å²) in [4.78, 5) is 12.0. The predicted octanol–water partition coefficient (Wildman–Crippen LogP) is 4.52. The van der Waals surface area contributed by atoms with E-state index in [1.165, 1.54) is 18.2 Å². The van der Waals surface area contributed by atoms with Crippen molar-refractivity contribution in [1.29, 1.82) is 0 Å². The van der Waals surface area contributed by atoms with Crippen LogP contribution in [0.25, 0.3) is 0 Å². The molecule has 0 heterocycles. The summed E-state index contributed by atoms with van der Waals surface area (Å²) in [5, 5.41) is 3.86. The van der Waals surface area contributed by atoms with Gasteiger partial charge in [0.15, 0.2) is 0 Å². The van der Waals surface area contributed by atoms with Crippen LogP contribution in [0.15, 0.2) is 22.7 Å². The molecule has 0 radical (unpaired) electrons. The van der Waals surface area contributed by atoms with Gasteiger partial charge in [-0.1, -0.05) is 29.8 Å². The zero-order valence-electron chi connectivity index (χ0n) is 11.1. The molecule has 2 nitrogen and oxygen atoms in total. The second-order valence-electron chi connectivity index (χ2n) is 5.27. The van der Waals surface area contributed by atoms with Gasteiger partial charge in [0, 0.05) is 17.4 Å². The first-order valence-corrected chi connectivity index (χ1v) is 8.06. The first-order valence-electron chi connectivity index (χ1n) is 6.15. The average molecular weight is 395 g/mol. The van der Waals surface area contributed by atoms with Crippen LogP contribution in [0.1, 0.15) is 37.0 Å². The zero-order valence-corrected chi connectivity index (χ0v) is 14.3. The maximum Gasteiger partial charge on any atom is 0.251 e. The van der Waals surface area contributed by atoms with Gasteiger partial charge in [-0.2, -0.15) is 0 Å². The maximum absolute atomic E-state index is 13.1. The van der Waals surface area contributed by atoms with E-state index in [4.69, 9.17) is 0 Å². The first kappa shape index (κ1) is 16.6. The molecular weight excluding hydrogens is 377 g/mol. The van der Waals surface area contributed by atoms with E-state index in [0.717, 1.165) is 18.2 Å². The van der Waals surface area contributed by atoms with Crippen molar-refractivity contribution in [2.75, 3.05) is 11.9 Å². The highest BCUT2D eigenvalue weighted by Crippen LogP contribution is 2.22. The SMILES string of the molecule is CC(C)(CCCBr)CNC(=O)c1ccc(F)c(Br)c1. The molecule has 0 spiro atoms. The van der Waals surface area contributed by atoms with Gasteiger partial charge in [0.05, 0.1) is 4.47 Å². The van der Waals surface area contributed by atoms with Crippen molar-refractivity contribution in [2.45, 2.75) is 26.7 Å². The molecule has 0 aliphatic heterocycles. The highest BCUT2D eigenvalue weighted by molar-refractivity contribution is 9.10. The molecule has 0 atom stereocenters. The summed E-state index contributed by atoms with van der Waals surface area (Å²) in [5.41, 5.74) is 0.519. The minimum absolute atomic E-state index is 0.0562. The van der Waals surface area contributed by atoms with Crippen LogP contribution in [-0.4, -0.2) is 17.8 Å². The number of hydrogen-bond acceptors (Lipinski definition) is 1. The standard InChI is InChI=1S/C14H18Br2FNO/c1-14(2,6-3-7-15)9-18-13(19)10-4-5-12(17)11(16)8-10/h4-5,8H,3,6-7,9H2,1-2H3,(H,18,19). The predicted molar refractivity (Wildman–Crippen MR) is 83.2 cm³/mol. The van der Waals surface area contributed by atoms with E-state index >= 15 is 0 Å². The molecule has 5 heteroatoms. The van der Waals surface area contributed by atoms with E-state index < -0.39 is 0 Å². The van der Waals surface area contributed by atoms with E-state index in [2.05, 4.69) is 51.0 Å². The van der Waals surface area contributed by atoms with Crippen molar-refractivity contribution < 1.29 is 9.18 Å². The van der Waals surface area contributed by atoms with Gasteiger partial charge in [0.1, 0.15) is 5.82 Å². The van der Waals surface area contributed by atoms with Gasteiger partial charge < -0.3 is 5.32 Å². The lowest BCUT2D eigenvalue weighted by Crippen LogP contribution is -2.34. The number of amides is 1. The van der Waals surface area contributed by atoms with E-state index in [9.17, 15) is 9.18 Å². The maximum atomic E-state index is 13.1. The van der Waals surface area contributed by atoms with Gasteiger partial charge in [0.25, 0.3) is 5.91 Å². The molecule has 0 aromatic heterocycles. The molecule has 19 heavy (non-hydrogen) atoms. The lowest BCUT2D eigenvalue weighted by Gasteiger charge is -2.24. The zero-order chi connectivity index (χ0) is 14.5. The van der Waals surface area contributed by atoms with Crippen molar-refractivity contribution in [1.82, 2.24) is 5.32 Å². The highest BCUT2D eigenvalue weighted by atomic mass is 79.9. The Morgan fingerprint density at radius 3 is 2.68 bits per heavy atom. The monoisotopic (exact) mass is 393 g/mol. The molecule has 0 aliphatic rings. The fourth-order valence-electron chi connectivity index (χ4n) is 1.69. The van der Waals surface area contributed by atoms with Gasteiger partial charge in [-0.15, -0.1) is 0 Å². The summed E-state index contributed by atoms with van der Waals surface area (Å²) in [5.74, 6) is -0.540. The van der Waals surface area contributed by atoms with Gasteiger partial charge in [-0.05, 0) is 52.4 Å². The minimum atomic E-state index is -0.366. The van der Waals surface area contributed by atoms with Crippen LogP contribution in [-0.2, 0) is 0 Å². The van der Waals surface area contributed by atoms with Crippen LogP contribution in [0, 0.1) is 11.2 Å². The molecule has 1 aromatic rings. The van der Waals surface area contributed by atoms with Gasteiger partial charge in [-0.3, -0.25) is 4.79 Å². The fraction of sp³-hybridized carbons (Fsp3) is 0.500. The minimum Gasteiger partial charge on any atom is -0.352 e. The van der Waals surface area contributed by atoms with E-state index in [1.807, 2.05) is 0 Å². The van der Waals surface area contributed by atoms with E-state index in [0.29, 0.717) is 16.6 Å². The van der Waals surface area contributed by atoms with Crippen LogP contribution in [0.3, 0.4) is 0 Å². The quantitative estimate of drug-likeness (QED) is 0.706. The molecule has 0 bridgehead atoms. The average Bonchev–Trinajstić information content (AvgIpc) is 2.37. The smallest absolute Gasteiger partial charge is 0.251 e. The van der Waals surface area contributed by atoms with Crippen LogP contribution < -0.4 is 5.32 Å². The molecule has 0 aliphatic carbocycles. The Morgan fingerprint density at radius 2 is 2.11 bits per heavy atom. The molecule has 1 aromatic carbocycles. The Bertz CT molecular complexity index is 449. The van der Waals surface area contributed by atoms with Crippen molar-refractivity contribution in [3.05, 3.63) is 34.1 Å². The van der Waals surface area contributed by atoms with E-state index in [1.54, 1.807) is 0 Å². The number of carbonyl (C=O) groups excluding carboxylic acids is 1. The number of rotatable bonds is 6. The number of benzene rings is 1. The molecule has 1 amide bonds. The summed E-state index contributed by atoms with van der Waals surface area (Å²) in [7, 11) is 0. The third-order valence-corrected chi connectivity index (χ3v) is 4.06. The Labute approximate surface area is 130 Å². The topological polar surface area (TPSA) is 29.1 Å². The second-order valence-corrected chi connectivity index (χ2v) is 6.92. The summed E-state index contributed by atoms with van der Waals surface area (Å²) in [6, 6.07) is 4.27. The molecule has 0 saturated heterocycles. The van der Waals surface area contributed by atoms with E-state index in [-0.39, 0.29) is 17.1 Å². The Morgan fingerprint density at radius 1 is 1.42 bits per heavy atom. The van der Waals surface area contributed by atoms with Crippen molar-refractivity contribution >= 4 is 37.8 Å². The lowest BCUT2D eigenvalue weighted by atomic mass is 9.88. The Kier molecular flexibility index (Phi) is 6.47. The summed E-state index contributed by atoms with van der Waals surface area (Å²) >= 11 is 6.48. The molecule has 0 fully saturated rings.